The fourth-order valence-corrected chi connectivity index (χ4v) is 2.53. The lowest BCUT2D eigenvalue weighted by Crippen LogP contribution is -2.17. The van der Waals surface area contributed by atoms with Gasteiger partial charge in [0.1, 0.15) is 5.82 Å². The monoisotopic (exact) mass is 294 g/mol. The number of nitrogens with two attached hydrogens (primary N) is 1. The highest BCUT2D eigenvalue weighted by Crippen LogP contribution is 2.09. The van der Waals surface area contributed by atoms with E-state index in [9.17, 15) is 8.42 Å². The summed E-state index contributed by atoms with van der Waals surface area (Å²) in [6, 6.07) is 6.61. The van der Waals surface area contributed by atoms with Crippen LogP contribution in [0, 0.1) is 0 Å². The van der Waals surface area contributed by atoms with Crippen molar-refractivity contribution in [2.24, 2.45) is 5.14 Å². The van der Waals surface area contributed by atoms with Crippen molar-refractivity contribution in [2.75, 3.05) is 0 Å². The molecule has 1 aromatic heterocycles. The highest BCUT2D eigenvalue weighted by Gasteiger charge is 2.07. The first kappa shape index (κ1) is 14.7. The zero-order valence-corrected chi connectivity index (χ0v) is 12.1. The van der Waals surface area contributed by atoms with Crippen LogP contribution in [0.4, 0.5) is 0 Å². The Morgan fingerprint density at radius 3 is 2.85 bits per heavy atom. The maximum atomic E-state index is 11.3. The molecule has 0 unspecified atom stereocenters. The molecule has 0 fully saturated rings. The van der Waals surface area contributed by atoms with Gasteiger partial charge < -0.3 is 9.88 Å². The molecular formula is C13H18N4O2S. The number of sulfonamides is 1. The summed E-state index contributed by atoms with van der Waals surface area (Å²) in [5, 5.41) is 8.35. The Bertz CT molecular complexity index is 679. The normalized spacial score (nSPS) is 11.7. The van der Waals surface area contributed by atoms with E-state index >= 15 is 0 Å². The Hall–Kier alpha value is -1.70. The second-order valence-electron chi connectivity index (χ2n) is 4.43. The van der Waals surface area contributed by atoms with Gasteiger partial charge in [-0.15, -0.1) is 0 Å². The van der Waals surface area contributed by atoms with Crippen LogP contribution in [0.1, 0.15) is 18.3 Å². The molecular weight excluding hydrogens is 276 g/mol. The fraction of sp³-hybridized carbons (Fsp3) is 0.308. The van der Waals surface area contributed by atoms with Crippen molar-refractivity contribution in [3.05, 3.63) is 48.0 Å². The van der Waals surface area contributed by atoms with Crippen LogP contribution in [0.2, 0.25) is 0 Å². The van der Waals surface area contributed by atoms with Crippen LogP contribution in [0.3, 0.4) is 0 Å². The number of hydrogen-bond donors (Lipinski definition) is 2. The number of nitrogens with zero attached hydrogens (tertiary/aromatic N) is 2. The molecule has 0 atom stereocenters. The summed E-state index contributed by atoms with van der Waals surface area (Å²) in [7, 11) is -3.65. The number of nitrogens with one attached hydrogen (secondary N) is 1. The molecule has 1 heterocycles. The van der Waals surface area contributed by atoms with E-state index in [1.54, 1.807) is 18.3 Å². The number of rotatable bonds is 6. The Balaban J connectivity index is 1.98. The molecule has 0 bridgehead atoms. The molecule has 108 valence electrons. The van der Waals surface area contributed by atoms with E-state index in [0.29, 0.717) is 13.1 Å². The molecule has 0 amide bonds. The summed E-state index contributed by atoms with van der Waals surface area (Å²) in [5.74, 6) is 0.954. The molecule has 0 aliphatic rings. The lowest BCUT2D eigenvalue weighted by Gasteiger charge is -2.07. The van der Waals surface area contributed by atoms with E-state index in [-0.39, 0.29) is 4.90 Å². The van der Waals surface area contributed by atoms with Gasteiger partial charge in [-0.05, 0) is 24.6 Å². The molecule has 0 saturated carbocycles. The first-order valence-corrected chi connectivity index (χ1v) is 7.88. The van der Waals surface area contributed by atoms with E-state index < -0.39 is 10.0 Å². The van der Waals surface area contributed by atoms with Gasteiger partial charge in [-0.2, -0.15) is 0 Å². The number of primary sulfonamides is 1. The van der Waals surface area contributed by atoms with Gasteiger partial charge in [0.2, 0.25) is 10.0 Å². The molecule has 0 spiro atoms. The molecule has 6 nitrogen and oxygen atoms in total. The number of benzene rings is 1. The van der Waals surface area contributed by atoms with Gasteiger partial charge in [0.25, 0.3) is 0 Å². The summed E-state index contributed by atoms with van der Waals surface area (Å²) < 4.78 is 24.6. The van der Waals surface area contributed by atoms with Gasteiger partial charge in [-0.25, -0.2) is 18.5 Å². The topological polar surface area (TPSA) is 90.0 Å². The van der Waals surface area contributed by atoms with Gasteiger partial charge in [-0.1, -0.05) is 12.1 Å². The van der Waals surface area contributed by atoms with Gasteiger partial charge in [-0.3, -0.25) is 0 Å². The van der Waals surface area contributed by atoms with Crippen LogP contribution in [-0.4, -0.2) is 18.0 Å². The van der Waals surface area contributed by atoms with Gasteiger partial charge in [0.05, 0.1) is 11.4 Å². The minimum atomic E-state index is -3.65. The Kier molecular flexibility index (Phi) is 4.53. The molecule has 20 heavy (non-hydrogen) atoms. The predicted molar refractivity (Wildman–Crippen MR) is 76.3 cm³/mol. The molecule has 7 heteroatoms. The minimum absolute atomic E-state index is 0.131. The van der Waals surface area contributed by atoms with Crippen molar-refractivity contribution in [3.8, 4) is 0 Å². The maximum Gasteiger partial charge on any atom is 0.238 e. The highest BCUT2D eigenvalue weighted by atomic mass is 32.2. The van der Waals surface area contributed by atoms with Gasteiger partial charge in [0, 0.05) is 25.5 Å². The van der Waals surface area contributed by atoms with Crippen molar-refractivity contribution < 1.29 is 8.42 Å². The first-order valence-electron chi connectivity index (χ1n) is 6.33. The molecule has 2 aromatic rings. The molecule has 0 saturated heterocycles. The third-order valence-corrected chi connectivity index (χ3v) is 3.89. The third kappa shape index (κ3) is 3.66. The first-order chi connectivity index (χ1) is 9.50. The standard InChI is InChI=1S/C13H18N4O2S/c1-2-17-7-6-16-13(17)10-15-9-11-4-3-5-12(8-11)20(14,18)19/h3-8,15H,2,9-10H2,1H3,(H2,14,18,19). The number of aryl methyl sites for hydroxylation is 1. The van der Waals surface area contributed by atoms with Crippen LogP contribution in [0.15, 0.2) is 41.6 Å². The molecule has 3 N–H and O–H groups in total. The van der Waals surface area contributed by atoms with E-state index in [1.807, 2.05) is 16.8 Å². The summed E-state index contributed by atoms with van der Waals surface area (Å²) in [6.07, 6.45) is 3.70. The number of aromatic nitrogens is 2. The van der Waals surface area contributed by atoms with E-state index in [0.717, 1.165) is 17.9 Å². The van der Waals surface area contributed by atoms with E-state index in [2.05, 4.69) is 17.2 Å². The maximum absolute atomic E-state index is 11.3. The molecule has 0 radical (unpaired) electrons. The van der Waals surface area contributed by atoms with Gasteiger partial charge in [0.15, 0.2) is 0 Å². The molecule has 1 aromatic carbocycles. The van der Waals surface area contributed by atoms with Crippen molar-refractivity contribution in [3.63, 3.8) is 0 Å². The second-order valence-corrected chi connectivity index (χ2v) is 5.99. The zero-order chi connectivity index (χ0) is 14.6. The summed E-state index contributed by atoms with van der Waals surface area (Å²) in [4.78, 5) is 4.39. The predicted octanol–water partition coefficient (Wildman–Crippen LogP) is 0.840. The smallest absolute Gasteiger partial charge is 0.238 e. The van der Waals surface area contributed by atoms with Crippen LogP contribution in [0.25, 0.3) is 0 Å². The Labute approximate surface area is 118 Å². The number of hydrogen-bond acceptors (Lipinski definition) is 4. The largest absolute Gasteiger partial charge is 0.334 e. The molecule has 2 rings (SSSR count). The lowest BCUT2D eigenvalue weighted by atomic mass is 10.2. The second kappa shape index (κ2) is 6.17. The SMILES string of the molecule is CCn1ccnc1CNCc1cccc(S(N)(=O)=O)c1. The average molecular weight is 294 g/mol. The zero-order valence-electron chi connectivity index (χ0n) is 11.3. The molecule has 0 aliphatic heterocycles. The summed E-state index contributed by atoms with van der Waals surface area (Å²) in [6.45, 7) is 4.11. The highest BCUT2D eigenvalue weighted by molar-refractivity contribution is 7.89. The Morgan fingerprint density at radius 2 is 2.15 bits per heavy atom. The van der Waals surface area contributed by atoms with E-state index in [4.69, 9.17) is 5.14 Å². The van der Waals surface area contributed by atoms with Crippen LogP contribution >= 0.6 is 0 Å². The van der Waals surface area contributed by atoms with Crippen LogP contribution in [0.5, 0.6) is 0 Å². The van der Waals surface area contributed by atoms with Crippen molar-refractivity contribution in [1.82, 2.24) is 14.9 Å². The third-order valence-electron chi connectivity index (χ3n) is 2.98. The minimum Gasteiger partial charge on any atom is -0.334 e. The summed E-state index contributed by atoms with van der Waals surface area (Å²) in [5.41, 5.74) is 0.867. The van der Waals surface area contributed by atoms with Gasteiger partial charge >= 0.3 is 0 Å². The van der Waals surface area contributed by atoms with Crippen LogP contribution < -0.4 is 10.5 Å². The lowest BCUT2D eigenvalue weighted by molar-refractivity contribution is 0.596. The average Bonchev–Trinajstić information content (AvgIpc) is 2.86. The Morgan fingerprint density at radius 1 is 1.35 bits per heavy atom. The van der Waals surface area contributed by atoms with E-state index in [1.165, 1.54) is 6.07 Å². The number of imidazole rings is 1. The van der Waals surface area contributed by atoms with Crippen LogP contribution in [-0.2, 0) is 29.7 Å². The van der Waals surface area contributed by atoms with Crippen molar-refractivity contribution in [1.29, 1.82) is 0 Å². The summed E-state index contributed by atoms with van der Waals surface area (Å²) >= 11 is 0. The van der Waals surface area contributed by atoms with Crippen molar-refractivity contribution >= 4 is 10.0 Å². The quantitative estimate of drug-likeness (QED) is 0.826. The van der Waals surface area contributed by atoms with Crippen molar-refractivity contribution in [2.45, 2.75) is 31.5 Å². The molecule has 0 aliphatic carbocycles. The fourth-order valence-electron chi connectivity index (χ4n) is 1.95.